The molecule has 1 N–H and O–H groups in total. The number of para-hydroxylation sites is 2. The van der Waals surface area contributed by atoms with Gasteiger partial charge < -0.3 is 10.1 Å². The lowest BCUT2D eigenvalue weighted by molar-refractivity contribution is -0.144. The molecule has 0 saturated heterocycles. The molecule has 0 aliphatic carbocycles. The highest BCUT2D eigenvalue weighted by Crippen LogP contribution is 2.30. The minimum atomic E-state index is -4.65. The zero-order valence-electron chi connectivity index (χ0n) is 12.8. The molecule has 0 spiro atoms. The molecule has 3 aromatic rings. The second-order valence-electron chi connectivity index (χ2n) is 5.12. The SMILES string of the molecule is Fc1ccccc1OCCNc1nc(C(F)(F)F)nc2ccccc12. The maximum atomic E-state index is 13.4. The van der Waals surface area contributed by atoms with E-state index in [-0.39, 0.29) is 30.2 Å². The van der Waals surface area contributed by atoms with Gasteiger partial charge in [0.15, 0.2) is 11.6 Å². The fourth-order valence-electron chi connectivity index (χ4n) is 2.23. The Labute approximate surface area is 140 Å². The highest BCUT2D eigenvalue weighted by atomic mass is 19.4. The largest absolute Gasteiger partial charge is 0.489 e. The summed E-state index contributed by atoms with van der Waals surface area (Å²) < 4.78 is 57.5. The van der Waals surface area contributed by atoms with Crippen molar-refractivity contribution in [2.24, 2.45) is 0 Å². The van der Waals surface area contributed by atoms with Crippen LogP contribution in [0.3, 0.4) is 0 Å². The number of nitrogens with one attached hydrogen (secondary N) is 1. The van der Waals surface area contributed by atoms with Crippen molar-refractivity contribution >= 4 is 16.7 Å². The van der Waals surface area contributed by atoms with Gasteiger partial charge in [-0.2, -0.15) is 13.2 Å². The van der Waals surface area contributed by atoms with Gasteiger partial charge in [0.25, 0.3) is 0 Å². The monoisotopic (exact) mass is 351 g/mol. The lowest BCUT2D eigenvalue weighted by Gasteiger charge is -2.13. The molecule has 0 atom stereocenters. The van der Waals surface area contributed by atoms with Gasteiger partial charge in [-0.25, -0.2) is 14.4 Å². The van der Waals surface area contributed by atoms with Gasteiger partial charge in [-0.05, 0) is 24.3 Å². The number of anilines is 1. The standard InChI is InChI=1S/C17H13F4N3O/c18-12-6-2-4-8-14(12)25-10-9-22-15-11-5-1-3-7-13(11)23-16(24-15)17(19,20)21/h1-8H,9-10H2,(H,22,23,24). The average molecular weight is 351 g/mol. The van der Waals surface area contributed by atoms with Crippen molar-refractivity contribution in [1.82, 2.24) is 9.97 Å². The van der Waals surface area contributed by atoms with Crippen LogP contribution in [0, 0.1) is 5.82 Å². The van der Waals surface area contributed by atoms with Crippen molar-refractivity contribution < 1.29 is 22.3 Å². The molecule has 1 heterocycles. The Morgan fingerprint density at radius 1 is 0.960 bits per heavy atom. The number of aromatic nitrogens is 2. The Bertz CT molecular complexity index is 883. The predicted molar refractivity (Wildman–Crippen MR) is 84.9 cm³/mol. The minimum Gasteiger partial charge on any atom is -0.489 e. The van der Waals surface area contributed by atoms with Crippen molar-refractivity contribution in [3.8, 4) is 5.75 Å². The number of fused-ring (bicyclic) bond motifs is 1. The summed E-state index contributed by atoms with van der Waals surface area (Å²) in [7, 11) is 0. The van der Waals surface area contributed by atoms with E-state index in [2.05, 4.69) is 15.3 Å². The van der Waals surface area contributed by atoms with Crippen molar-refractivity contribution in [2.45, 2.75) is 6.18 Å². The third-order valence-electron chi connectivity index (χ3n) is 3.35. The van der Waals surface area contributed by atoms with Crippen LogP contribution in [0.2, 0.25) is 0 Å². The van der Waals surface area contributed by atoms with Crippen molar-refractivity contribution in [1.29, 1.82) is 0 Å². The van der Waals surface area contributed by atoms with Crippen LogP contribution >= 0.6 is 0 Å². The third kappa shape index (κ3) is 3.96. The van der Waals surface area contributed by atoms with Gasteiger partial charge >= 0.3 is 6.18 Å². The van der Waals surface area contributed by atoms with Crippen molar-refractivity contribution in [3.63, 3.8) is 0 Å². The fraction of sp³-hybridized carbons (Fsp3) is 0.176. The number of hydrogen-bond acceptors (Lipinski definition) is 4. The van der Waals surface area contributed by atoms with Gasteiger partial charge in [-0.3, -0.25) is 0 Å². The molecule has 25 heavy (non-hydrogen) atoms. The molecule has 0 saturated carbocycles. The second kappa shape index (κ2) is 6.92. The van der Waals surface area contributed by atoms with Crippen molar-refractivity contribution in [2.75, 3.05) is 18.5 Å². The Balaban J connectivity index is 1.75. The smallest absolute Gasteiger partial charge is 0.451 e. The molecule has 0 radical (unpaired) electrons. The zero-order valence-corrected chi connectivity index (χ0v) is 12.8. The first-order valence-electron chi connectivity index (χ1n) is 7.40. The van der Waals surface area contributed by atoms with E-state index in [4.69, 9.17) is 4.74 Å². The Morgan fingerprint density at radius 2 is 1.68 bits per heavy atom. The number of nitrogens with zero attached hydrogens (tertiary/aromatic N) is 2. The summed E-state index contributed by atoms with van der Waals surface area (Å²) in [5, 5.41) is 3.25. The van der Waals surface area contributed by atoms with E-state index in [1.807, 2.05) is 0 Å². The first-order chi connectivity index (χ1) is 11.9. The average Bonchev–Trinajstić information content (AvgIpc) is 2.59. The van der Waals surface area contributed by atoms with Crippen LogP contribution in [0.5, 0.6) is 5.75 Å². The van der Waals surface area contributed by atoms with Crippen LogP contribution < -0.4 is 10.1 Å². The van der Waals surface area contributed by atoms with Crippen LogP contribution in [0.1, 0.15) is 5.82 Å². The number of alkyl halides is 3. The van der Waals surface area contributed by atoms with Crippen LogP contribution in [-0.2, 0) is 6.18 Å². The van der Waals surface area contributed by atoms with Crippen LogP contribution in [0.25, 0.3) is 10.9 Å². The van der Waals surface area contributed by atoms with Crippen molar-refractivity contribution in [3.05, 3.63) is 60.2 Å². The number of halogens is 4. The molecule has 0 fully saturated rings. The van der Waals surface area contributed by atoms with Crippen LogP contribution in [0.4, 0.5) is 23.4 Å². The molecule has 0 unspecified atom stereocenters. The molecule has 0 amide bonds. The van der Waals surface area contributed by atoms with Gasteiger partial charge in [-0.1, -0.05) is 24.3 Å². The summed E-state index contributed by atoms with van der Waals surface area (Å²) in [4.78, 5) is 7.10. The topological polar surface area (TPSA) is 47.0 Å². The lowest BCUT2D eigenvalue weighted by atomic mass is 10.2. The number of hydrogen-bond donors (Lipinski definition) is 1. The molecule has 0 aliphatic rings. The number of ether oxygens (including phenoxy) is 1. The molecule has 3 rings (SSSR count). The zero-order chi connectivity index (χ0) is 17.9. The summed E-state index contributed by atoms with van der Waals surface area (Å²) in [5.74, 6) is -1.60. The summed E-state index contributed by atoms with van der Waals surface area (Å²) in [5.41, 5.74) is 0.183. The van der Waals surface area contributed by atoms with E-state index < -0.39 is 17.8 Å². The molecular formula is C17H13F4N3O. The first-order valence-corrected chi connectivity index (χ1v) is 7.40. The van der Waals surface area contributed by atoms with E-state index in [1.165, 1.54) is 24.3 Å². The molecule has 1 aromatic heterocycles. The highest BCUT2D eigenvalue weighted by Gasteiger charge is 2.35. The van der Waals surface area contributed by atoms with Crippen LogP contribution in [-0.4, -0.2) is 23.1 Å². The molecule has 4 nitrogen and oxygen atoms in total. The Hall–Kier alpha value is -2.90. The van der Waals surface area contributed by atoms with Gasteiger partial charge in [0, 0.05) is 5.39 Å². The molecule has 0 bridgehead atoms. The number of rotatable bonds is 5. The third-order valence-corrected chi connectivity index (χ3v) is 3.35. The molecule has 130 valence electrons. The van der Waals surface area contributed by atoms with Gasteiger partial charge in [-0.15, -0.1) is 0 Å². The molecule has 2 aromatic carbocycles. The summed E-state index contributed by atoms with van der Waals surface area (Å²) in [6, 6.07) is 12.3. The summed E-state index contributed by atoms with van der Waals surface area (Å²) in [6.07, 6.45) is -4.65. The van der Waals surface area contributed by atoms with Gasteiger partial charge in [0.1, 0.15) is 12.4 Å². The minimum absolute atomic E-state index is 0.0510. The summed E-state index contributed by atoms with van der Waals surface area (Å²) in [6.45, 7) is 0.202. The van der Waals surface area contributed by atoms with Gasteiger partial charge in [0.2, 0.25) is 5.82 Å². The predicted octanol–water partition coefficient (Wildman–Crippen LogP) is 4.28. The van der Waals surface area contributed by atoms with E-state index in [0.717, 1.165) is 0 Å². The van der Waals surface area contributed by atoms with E-state index in [1.54, 1.807) is 24.3 Å². The first kappa shape index (κ1) is 16.9. The van der Waals surface area contributed by atoms with E-state index in [0.29, 0.717) is 5.39 Å². The molecular weight excluding hydrogens is 338 g/mol. The van der Waals surface area contributed by atoms with Gasteiger partial charge in [0.05, 0.1) is 12.1 Å². The highest BCUT2D eigenvalue weighted by molar-refractivity contribution is 5.89. The second-order valence-corrected chi connectivity index (χ2v) is 5.12. The quantitative estimate of drug-likeness (QED) is 0.551. The maximum Gasteiger partial charge on any atom is 0.451 e. The van der Waals surface area contributed by atoms with E-state index in [9.17, 15) is 17.6 Å². The lowest BCUT2D eigenvalue weighted by Crippen LogP contribution is -2.16. The normalized spacial score (nSPS) is 11.5. The Morgan fingerprint density at radius 3 is 2.44 bits per heavy atom. The summed E-state index contributed by atoms with van der Waals surface area (Å²) >= 11 is 0. The molecule has 0 aliphatic heterocycles. The number of benzene rings is 2. The molecule has 8 heteroatoms. The van der Waals surface area contributed by atoms with Crippen LogP contribution in [0.15, 0.2) is 48.5 Å². The fourth-order valence-corrected chi connectivity index (χ4v) is 2.23. The maximum absolute atomic E-state index is 13.4. The Kier molecular flexibility index (Phi) is 4.69. The van der Waals surface area contributed by atoms with E-state index >= 15 is 0 Å².